The van der Waals surface area contributed by atoms with Crippen molar-refractivity contribution in [3.05, 3.63) is 39.1 Å². The van der Waals surface area contributed by atoms with Gasteiger partial charge in [0, 0.05) is 30.0 Å². The molecule has 0 radical (unpaired) electrons. The molecule has 2 fully saturated rings. The monoisotopic (exact) mass is 327 g/mol. The molecule has 1 spiro atoms. The molecule has 1 saturated carbocycles. The highest BCUT2D eigenvalue weighted by molar-refractivity contribution is 5.34. The Labute approximate surface area is 144 Å². The Balaban J connectivity index is 1.58. The number of nitrogens with zero attached hydrogens (tertiary/aromatic N) is 2. The summed E-state index contributed by atoms with van der Waals surface area (Å²) in [6.45, 7) is 7.73. The van der Waals surface area contributed by atoms with Gasteiger partial charge in [0.05, 0.1) is 5.69 Å². The van der Waals surface area contributed by atoms with E-state index in [0.29, 0.717) is 5.92 Å². The molecule has 24 heavy (non-hydrogen) atoms. The second kappa shape index (κ2) is 6.14. The highest BCUT2D eigenvalue weighted by atomic mass is 16.1. The van der Waals surface area contributed by atoms with E-state index in [1.54, 1.807) is 0 Å². The number of fused-ring (bicyclic) bond motifs is 2. The number of rotatable bonds is 4. The fraction of sp³-hybridized carbons (Fsp3) is 0.700. The summed E-state index contributed by atoms with van der Waals surface area (Å²) in [7, 11) is 0. The van der Waals surface area contributed by atoms with Gasteiger partial charge in [-0.15, -0.1) is 0 Å². The van der Waals surface area contributed by atoms with Gasteiger partial charge in [0.2, 0.25) is 0 Å². The smallest absolute Gasteiger partial charge is 0.254 e. The zero-order valence-electron chi connectivity index (χ0n) is 15.0. The summed E-state index contributed by atoms with van der Waals surface area (Å²) in [6, 6.07) is 0. The van der Waals surface area contributed by atoms with Gasteiger partial charge in [0.1, 0.15) is 5.82 Å². The summed E-state index contributed by atoms with van der Waals surface area (Å²) in [5.41, 5.74) is 3.80. The van der Waals surface area contributed by atoms with Crippen LogP contribution in [0, 0.1) is 0 Å². The van der Waals surface area contributed by atoms with Crippen molar-refractivity contribution >= 4 is 0 Å². The number of aromatic amines is 1. The maximum atomic E-state index is 12.5. The Morgan fingerprint density at radius 3 is 2.96 bits per heavy atom. The molecule has 2 aliphatic carbocycles. The minimum Gasteiger partial charge on any atom is -0.310 e. The van der Waals surface area contributed by atoms with Crippen molar-refractivity contribution in [3.8, 4) is 0 Å². The Morgan fingerprint density at radius 2 is 2.21 bits per heavy atom. The number of likely N-dealkylation sites (tertiary alicyclic amines) is 1. The van der Waals surface area contributed by atoms with Crippen molar-refractivity contribution in [1.29, 1.82) is 0 Å². The van der Waals surface area contributed by atoms with E-state index in [2.05, 4.69) is 29.8 Å². The Hall–Kier alpha value is -1.42. The largest absolute Gasteiger partial charge is 0.310 e. The van der Waals surface area contributed by atoms with E-state index in [9.17, 15) is 4.79 Å². The highest BCUT2D eigenvalue weighted by Gasteiger charge is 2.45. The average molecular weight is 327 g/mol. The molecule has 1 aliphatic heterocycles. The molecule has 1 N–H and O–H groups in total. The Morgan fingerprint density at radius 1 is 1.38 bits per heavy atom. The van der Waals surface area contributed by atoms with Crippen molar-refractivity contribution in [2.24, 2.45) is 0 Å². The van der Waals surface area contributed by atoms with E-state index >= 15 is 0 Å². The maximum Gasteiger partial charge on any atom is 0.254 e. The number of hydrogen-bond acceptors (Lipinski definition) is 3. The van der Waals surface area contributed by atoms with Gasteiger partial charge in [-0.2, -0.15) is 0 Å². The lowest BCUT2D eigenvalue weighted by Crippen LogP contribution is -2.46. The van der Waals surface area contributed by atoms with Crippen molar-refractivity contribution < 1.29 is 0 Å². The lowest BCUT2D eigenvalue weighted by Gasteiger charge is -2.40. The molecule has 4 rings (SSSR count). The molecule has 0 amide bonds. The standard InChI is InChI=1S/C20H29N3O/c1-14(2)5-3-11-23-12-4-9-20(13-23)10-8-16-17(20)21-18(15-6-7-15)22-19(16)24/h5,15H,3-4,6-13H2,1-2H3,(H,21,22,24). The zero-order valence-corrected chi connectivity index (χ0v) is 15.0. The first-order valence-electron chi connectivity index (χ1n) is 9.57. The molecule has 4 nitrogen and oxygen atoms in total. The molecular weight excluding hydrogens is 298 g/mol. The zero-order chi connectivity index (χ0) is 16.7. The van der Waals surface area contributed by atoms with Gasteiger partial charge in [-0.3, -0.25) is 4.79 Å². The number of piperidine rings is 1. The third kappa shape index (κ3) is 2.97. The molecule has 2 heterocycles. The first-order valence-corrected chi connectivity index (χ1v) is 9.57. The first-order chi connectivity index (χ1) is 11.6. The molecule has 0 aromatic carbocycles. The number of allylic oxidation sites excluding steroid dienone is 1. The highest BCUT2D eigenvalue weighted by Crippen LogP contribution is 2.44. The molecule has 0 bridgehead atoms. The normalized spacial score (nSPS) is 26.6. The molecule has 1 aromatic rings. The van der Waals surface area contributed by atoms with E-state index in [0.717, 1.165) is 49.4 Å². The number of aromatic nitrogens is 2. The topological polar surface area (TPSA) is 49.0 Å². The molecule has 4 heteroatoms. The predicted octanol–water partition coefficient (Wildman–Crippen LogP) is 3.28. The van der Waals surface area contributed by atoms with E-state index in [-0.39, 0.29) is 11.0 Å². The lowest BCUT2D eigenvalue weighted by atomic mass is 9.77. The molecule has 130 valence electrons. The number of nitrogens with one attached hydrogen (secondary N) is 1. The van der Waals surface area contributed by atoms with Crippen LogP contribution in [0.5, 0.6) is 0 Å². The Bertz CT molecular complexity index is 712. The van der Waals surface area contributed by atoms with Crippen LogP contribution in [-0.2, 0) is 11.8 Å². The van der Waals surface area contributed by atoms with Crippen LogP contribution in [0.3, 0.4) is 0 Å². The molecule has 1 saturated heterocycles. The Kier molecular flexibility index (Phi) is 4.11. The van der Waals surface area contributed by atoms with E-state index in [1.165, 1.54) is 37.8 Å². The van der Waals surface area contributed by atoms with Gasteiger partial charge in [-0.1, -0.05) is 11.6 Å². The van der Waals surface area contributed by atoms with Crippen molar-refractivity contribution in [2.45, 2.75) is 70.1 Å². The van der Waals surface area contributed by atoms with Gasteiger partial charge < -0.3 is 9.88 Å². The van der Waals surface area contributed by atoms with Crippen LogP contribution in [-0.4, -0.2) is 34.5 Å². The van der Waals surface area contributed by atoms with Crippen LogP contribution in [0.1, 0.15) is 75.4 Å². The second-order valence-corrected chi connectivity index (χ2v) is 8.28. The fourth-order valence-corrected chi connectivity index (χ4v) is 4.57. The van der Waals surface area contributed by atoms with Crippen molar-refractivity contribution in [2.75, 3.05) is 19.6 Å². The molecule has 1 aromatic heterocycles. The summed E-state index contributed by atoms with van der Waals surface area (Å²) in [4.78, 5) is 23.2. The van der Waals surface area contributed by atoms with Gasteiger partial charge >= 0.3 is 0 Å². The summed E-state index contributed by atoms with van der Waals surface area (Å²) < 4.78 is 0. The van der Waals surface area contributed by atoms with Crippen LogP contribution in [0.2, 0.25) is 0 Å². The maximum absolute atomic E-state index is 12.5. The van der Waals surface area contributed by atoms with Crippen LogP contribution < -0.4 is 5.56 Å². The van der Waals surface area contributed by atoms with Crippen LogP contribution in [0.4, 0.5) is 0 Å². The van der Waals surface area contributed by atoms with Gasteiger partial charge in [-0.25, -0.2) is 4.98 Å². The van der Waals surface area contributed by atoms with E-state index < -0.39 is 0 Å². The summed E-state index contributed by atoms with van der Waals surface area (Å²) in [6.07, 6.45) is 10.3. The third-order valence-electron chi connectivity index (χ3n) is 6.01. The average Bonchev–Trinajstić information content (AvgIpc) is 3.33. The molecular formula is C20H29N3O. The minimum atomic E-state index is 0.135. The van der Waals surface area contributed by atoms with E-state index in [4.69, 9.17) is 4.98 Å². The number of hydrogen-bond donors (Lipinski definition) is 1. The SMILES string of the molecule is CC(C)=CCCN1CCCC2(CCc3c2nc(C2CC2)[nH]c3=O)C1. The van der Waals surface area contributed by atoms with E-state index in [1.807, 2.05) is 0 Å². The predicted molar refractivity (Wildman–Crippen MR) is 96.6 cm³/mol. The molecule has 1 atom stereocenters. The van der Waals surface area contributed by atoms with Crippen molar-refractivity contribution in [1.82, 2.24) is 14.9 Å². The quantitative estimate of drug-likeness (QED) is 0.863. The van der Waals surface area contributed by atoms with Crippen molar-refractivity contribution in [3.63, 3.8) is 0 Å². The van der Waals surface area contributed by atoms with Crippen LogP contribution in [0.25, 0.3) is 0 Å². The van der Waals surface area contributed by atoms with Crippen LogP contribution in [0.15, 0.2) is 16.4 Å². The fourth-order valence-electron chi connectivity index (χ4n) is 4.57. The second-order valence-electron chi connectivity index (χ2n) is 8.28. The summed E-state index contributed by atoms with van der Waals surface area (Å²) >= 11 is 0. The third-order valence-corrected chi connectivity index (χ3v) is 6.01. The summed E-state index contributed by atoms with van der Waals surface area (Å²) in [5.74, 6) is 1.47. The first kappa shape index (κ1) is 16.1. The lowest BCUT2D eigenvalue weighted by molar-refractivity contribution is 0.145. The molecule has 1 unspecified atom stereocenters. The van der Waals surface area contributed by atoms with Crippen LogP contribution >= 0.6 is 0 Å². The number of H-pyrrole nitrogens is 1. The minimum absolute atomic E-state index is 0.135. The van der Waals surface area contributed by atoms with Gasteiger partial charge in [0.25, 0.3) is 5.56 Å². The van der Waals surface area contributed by atoms with Gasteiger partial charge in [0.15, 0.2) is 0 Å². The summed E-state index contributed by atoms with van der Waals surface area (Å²) in [5, 5.41) is 0. The van der Waals surface area contributed by atoms with Gasteiger partial charge in [-0.05, 0) is 65.3 Å². The molecule has 3 aliphatic rings.